The molecule has 0 spiro atoms. The molecule has 0 aliphatic carbocycles. The second-order valence-corrected chi connectivity index (χ2v) is 4.63. The molecule has 1 aromatic carbocycles. The lowest BCUT2D eigenvalue weighted by molar-refractivity contribution is -0.129. The molecule has 0 radical (unpaired) electrons. The van der Waals surface area contributed by atoms with Crippen molar-refractivity contribution in [2.75, 3.05) is 13.1 Å². The Morgan fingerprint density at radius 2 is 2.29 bits per heavy atom. The minimum atomic E-state index is 0. The summed E-state index contributed by atoms with van der Waals surface area (Å²) in [6.07, 6.45) is 1.31. The van der Waals surface area contributed by atoms with Gasteiger partial charge in [0.1, 0.15) is 0 Å². The Morgan fingerprint density at radius 3 is 2.88 bits per heavy atom. The van der Waals surface area contributed by atoms with Gasteiger partial charge in [0, 0.05) is 24.2 Å². The van der Waals surface area contributed by atoms with E-state index in [-0.39, 0.29) is 24.4 Å². The van der Waals surface area contributed by atoms with Crippen LogP contribution in [0.3, 0.4) is 0 Å². The minimum absolute atomic E-state index is 0. The van der Waals surface area contributed by atoms with Crippen LogP contribution in [0.25, 0.3) is 0 Å². The normalized spacial score (nSPS) is 18.9. The van der Waals surface area contributed by atoms with Crippen molar-refractivity contribution in [3.63, 3.8) is 0 Å². The SMILES string of the molecule is Cl.N[C@H]1CCN(C(=O)Cc2cccc(Cl)c2)C1. The molecule has 1 amide bonds. The maximum Gasteiger partial charge on any atom is 0.227 e. The highest BCUT2D eigenvalue weighted by molar-refractivity contribution is 6.30. The van der Waals surface area contributed by atoms with E-state index in [0.717, 1.165) is 18.5 Å². The van der Waals surface area contributed by atoms with Crippen molar-refractivity contribution in [3.8, 4) is 0 Å². The van der Waals surface area contributed by atoms with E-state index in [9.17, 15) is 4.79 Å². The summed E-state index contributed by atoms with van der Waals surface area (Å²) < 4.78 is 0. The molecule has 3 nitrogen and oxygen atoms in total. The first-order valence-electron chi connectivity index (χ1n) is 5.43. The fourth-order valence-electron chi connectivity index (χ4n) is 1.95. The number of nitrogens with two attached hydrogens (primary N) is 1. The summed E-state index contributed by atoms with van der Waals surface area (Å²) in [5.74, 6) is 0.134. The van der Waals surface area contributed by atoms with E-state index in [1.54, 1.807) is 6.07 Å². The molecule has 0 bridgehead atoms. The molecule has 1 atom stereocenters. The molecule has 0 aromatic heterocycles. The predicted molar refractivity (Wildman–Crippen MR) is 71.6 cm³/mol. The number of halogens is 2. The quantitative estimate of drug-likeness (QED) is 0.895. The van der Waals surface area contributed by atoms with Crippen molar-refractivity contribution < 1.29 is 4.79 Å². The lowest BCUT2D eigenvalue weighted by atomic mass is 10.1. The largest absolute Gasteiger partial charge is 0.341 e. The molecule has 0 unspecified atom stereocenters. The lowest BCUT2D eigenvalue weighted by Gasteiger charge is -2.15. The van der Waals surface area contributed by atoms with Crippen molar-refractivity contribution in [2.24, 2.45) is 5.73 Å². The Bertz CT molecular complexity index is 398. The van der Waals surface area contributed by atoms with Gasteiger partial charge in [0.05, 0.1) is 6.42 Å². The molecule has 2 rings (SSSR count). The van der Waals surface area contributed by atoms with Gasteiger partial charge in [-0.25, -0.2) is 0 Å². The number of benzene rings is 1. The van der Waals surface area contributed by atoms with Crippen LogP contribution in [0.1, 0.15) is 12.0 Å². The van der Waals surface area contributed by atoms with Crippen molar-refractivity contribution in [1.82, 2.24) is 4.90 Å². The van der Waals surface area contributed by atoms with Crippen molar-refractivity contribution in [1.29, 1.82) is 0 Å². The monoisotopic (exact) mass is 274 g/mol. The van der Waals surface area contributed by atoms with Gasteiger partial charge in [-0.1, -0.05) is 23.7 Å². The van der Waals surface area contributed by atoms with Gasteiger partial charge in [-0.05, 0) is 24.1 Å². The topological polar surface area (TPSA) is 46.3 Å². The maximum atomic E-state index is 11.9. The number of hydrogen-bond donors (Lipinski definition) is 1. The fraction of sp³-hybridized carbons (Fsp3) is 0.417. The van der Waals surface area contributed by atoms with Crippen LogP contribution in [0.2, 0.25) is 5.02 Å². The summed E-state index contributed by atoms with van der Waals surface area (Å²) in [6.45, 7) is 1.46. The minimum Gasteiger partial charge on any atom is -0.341 e. The third kappa shape index (κ3) is 3.87. The molecule has 2 N–H and O–H groups in total. The predicted octanol–water partition coefficient (Wildman–Crippen LogP) is 1.86. The van der Waals surface area contributed by atoms with Gasteiger partial charge in [-0.3, -0.25) is 4.79 Å². The van der Waals surface area contributed by atoms with Gasteiger partial charge in [0.15, 0.2) is 0 Å². The molecule has 1 fully saturated rings. The number of carbonyl (C=O) groups excluding carboxylic acids is 1. The zero-order valence-electron chi connectivity index (χ0n) is 9.43. The first-order chi connectivity index (χ1) is 7.65. The zero-order chi connectivity index (χ0) is 11.5. The Balaban J connectivity index is 0.00000144. The van der Waals surface area contributed by atoms with Gasteiger partial charge in [0.25, 0.3) is 0 Å². The van der Waals surface area contributed by atoms with E-state index in [2.05, 4.69) is 0 Å². The summed E-state index contributed by atoms with van der Waals surface area (Å²) in [5, 5.41) is 0.670. The van der Waals surface area contributed by atoms with E-state index in [1.165, 1.54) is 0 Å². The second kappa shape index (κ2) is 6.24. The molecule has 1 heterocycles. The molecule has 0 saturated carbocycles. The standard InChI is InChI=1S/C12H15ClN2O.ClH/c13-10-3-1-2-9(6-10)7-12(16)15-5-4-11(14)8-15;/h1-3,6,11H,4-5,7-8,14H2;1H/t11-;/m0./s1. The summed E-state index contributed by atoms with van der Waals surface area (Å²) >= 11 is 5.87. The van der Waals surface area contributed by atoms with Gasteiger partial charge < -0.3 is 10.6 Å². The summed E-state index contributed by atoms with van der Waals surface area (Å²) in [7, 11) is 0. The summed E-state index contributed by atoms with van der Waals surface area (Å²) in [4.78, 5) is 13.7. The van der Waals surface area contributed by atoms with Crippen molar-refractivity contribution in [3.05, 3.63) is 34.9 Å². The summed E-state index contributed by atoms with van der Waals surface area (Å²) in [6, 6.07) is 7.56. The molecule has 1 saturated heterocycles. The number of carbonyl (C=O) groups is 1. The van der Waals surface area contributed by atoms with Crippen LogP contribution < -0.4 is 5.73 Å². The molecular weight excluding hydrogens is 259 g/mol. The van der Waals surface area contributed by atoms with Crippen LogP contribution in [0.15, 0.2) is 24.3 Å². The third-order valence-corrected chi connectivity index (χ3v) is 3.06. The third-order valence-electron chi connectivity index (χ3n) is 2.82. The number of amides is 1. The highest BCUT2D eigenvalue weighted by atomic mass is 35.5. The van der Waals surface area contributed by atoms with E-state index < -0.39 is 0 Å². The van der Waals surface area contributed by atoms with Crippen LogP contribution in [0, 0.1) is 0 Å². The van der Waals surface area contributed by atoms with E-state index in [4.69, 9.17) is 17.3 Å². The number of likely N-dealkylation sites (tertiary alicyclic amines) is 1. The van der Waals surface area contributed by atoms with E-state index >= 15 is 0 Å². The Morgan fingerprint density at radius 1 is 1.53 bits per heavy atom. The molecule has 5 heteroatoms. The molecular formula is C12H16Cl2N2O. The molecule has 1 aliphatic heterocycles. The molecule has 94 valence electrons. The highest BCUT2D eigenvalue weighted by Gasteiger charge is 2.23. The van der Waals surface area contributed by atoms with Crippen molar-refractivity contribution >= 4 is 29.9 Å². The van der Waals surface area contributed by atoms with E-state index in [1.807, 2.05) is 23.1 Å². The Labute approximate surface area is 112 Å². The van der Waals surface area contributed by atoms with Crippen molar-refractivity contribution in [2.45, 2.75) is 18.9 Å². The Kier molecular flexibility index (Phi) is 5.25. The van der Waals surface area contributed by atoms with Gasteiger partial charge in [-0.2, -0.15) is 0 Å². The average molecular weight is 275 g/mol. The summed E-state index contributed by atoms with van der Waals surface area (Å²) in [5.41, 5.74) is 6.72. The van der Waals surface area contributed by atoms with Crippen LogP contribution in [0.5, 0.6) is 0 Å². The van der Waals surface area contributed by atoms with Crippen LogP contribution >= 0.6 is 24.0 Å². The average Bonchev–Trinajstić information content (AvgIpc) is 2.65. The maximum absolute atomic E-state index is 11.9. The van der Waals surface area contributed by atoms with Gasteiger partial charge in [-0.15, -0.1) is 12.4 Å². The molecule has 1 aliphatic rings. The zero-order valence-corrected chi connectivity index (χ0v) is 11.0. The first kappa shape index (κ1) is 14.3. The van der Waals surface area contributed by atoms with E-state index in [0.29, 0.717) is 18.0 Å². The fourth-order valence-corrected chi connectivity index (χ4v) is 2.16. The highest BCUT2D eigenvalue weighted by Crippen LogP contribution is 2.14. The van der Waals surface area contributed by atoms with Gasteiger partial charge >= 0.3 is 0 Å². The second-order valence-electron chi connectivity index (χ2n) is 4.20. The van der Waals surface area contributed by atoms with Crippen LogP contribution in [-0.4, -0.2) is 29.9 Å². The number of rotatable bonds is 2. The first-order valence-corrected chi connectivity index (χ1v) is 5.81. The lowest BCUT2D eigenvalue weighted by Crippen LogP contribution is -2.32. The molecule has 1 aromatic rings. The van der Waals surface area contributed by atoms with Crippen LogP contribution in [0.4, 0.5) is 0 Å². The number of nitrogens with zero attached hydrogens (tertiary/aromatic N) is 1. The molecule has 17 heavy (non-hydrogen) atoms. The smallest absolute Gasteiger partial charge is 0.227 e. The van der Waals surface area contributed by atoms with Gasteiger partial charge in [0.2, 0.25) is 5.91 Å². The Hall–Kier alpha value is -0.770. The number of hydrogen-bond acceptors (Lipinski definition) is 2. The van der Waals surface area contributed by atoms with Crippen LogP contribution in [-0.2, 0) is 11.2 Å².